The molecule has 0 atom stereocenters. The van der Waals surface area contributed by atoms with Gasteiger partial charge in [-0.25, -0.2) is 18.4 Å². The lowest BCUT2D eigenvalue weighted by atomic mass is 10.1. The van der Waals surface area contributed by atoms with Crippen molar-refractivity contribution in [3.8, 4) is 28.2 Å². The topological polar surface area (TPSA) is 73.5 Å². The molecule has 0 saturated heterocycles. The molecule has 0 aliphatic carbocycles. The van der Waals surface area contributed by atoms with Crippen molar-refractivity contribution in [2.24, 2.45) is 4.99 Å². The molecule has 0 unspecified atom stereocenters. The van der Waals surface area contributed by atoms with Crippen LogP contribution in [-0.4, -0.2) is 42.3 Å². The minimum absolute atomic E-state index is 0.277. The van der Waals surface area contributed by atoms with E-state index >= 15 is 0 Å². The van der Waals surface area contributed by atoms with Crippen LogP contribution in [-0.2, 0) is 14.6 Å². The number of aliphatic imine (C=N–C) groups is 1. The minimum Gasteiger partial charge on any atom is -0.474 e. The molecule has 0 radical (unpaired) electrons. The van der Waals surface area contributed by atoms with E-state index in [2.05, 4.69) is 4.99 Å². The second kappa shape index (κ2) is 9.07. The molecule has 1 aliphatic heterocycles. The summed E-state index contributed by atoms with van der Waals surface area (Å²) in [5.74, 6) is 1.03. The number of imidazole rings is 1. The fourth-order valence-electron chi connectivity index (χ4n) is 4.00. The second-order valence-electron chi connectivity index (χ2n) is 9.28. The summed E-state index contributed by atoms with van der Waals surface area (Å²) < 4.78 is 31.7. The average Bonchev–Trinajstić information content (AvgIpc) is 3.42. The normalized spacial score (nSPS) is 15.0. The highest BCUT2D eigenvalue weighted by Gasteiger charge is 2.29. The molecular weight excluding hydrogens is 517 g/mol. The Morgan fingerprint density at radius 2 is 1.61 bits per heavy atom. The van der Waals surface area contributed by atoms with E-state index in [1.807, 2.05) is 54.9 Å². The van der Waals surface area contributed by atoms with Gasteiger partial charge in [-0.1, -0.05) is 53.5 Å². The lowest BCUT2D eigenvalue weighted by Crippen LogP contribution is -2.17. The highest BCUT2D eigenvalue weighted by molar-refractivity contribution is 7.90. The minimum atomic E-state index is -3.30. The summed E-state index contributed by atoms with van der Waals surface area (Å²) >= 11 is 13.1. The zero-order chi connectivity index (χ0) is 25.7. The van der Waals surface area contributed by atoms with Gasteiger partial charge in [0.1, 0.15) is 18.1 Å². The molecular formula is C27H23Cl2N3O3S. The Morgan fingerprint density at radius 3 is 2.22 bits per heavy atom. The maximum Gasteiger partial charge on any atom is 0.237 e. The average molecular weight is 540 g/mol. The van der Waals surface area contributed by atoms with E-state index in [1.54, 1.807) is 36.4 Å². The number of rotatable bonds is 5. The Hall–Kier alpha value is -3.13. The van der Waals surface area contributed by atoms with E-state index in [9.17, 15) is 8.42 Å². The first kappa shape index (κ1) is 24.6. The molecule has 0 saturated carbocycles. The Labute approximate surface area is 220 Å². The van der Waals surface area contributed by atoms with Crippen LogP contribution in [0.4, 0.5) is 0 Å². The predicted octanol–water partition coefficient (Wildman–Crippen LogP) is 6.47. The fraction of sp³-hybridized carbons (Fsp3) is 0.185. The van der Waals surface area contributed by atoms with Gasteiger partial charge in [-0.2, -0.15) is 0 Å². The van der Waals surface area contributed by atoms with Crippen molar-refractivity contribution in [2.45, 2.75) is 24.3 Å². The number of benzene rings is 3. The highest BCUT2D eigenvalue weighted by Crippen LogP contribution is 2.36. The number of nitrogens with zero attached hydrogens (tertiary/aromatic N) is 3. The summed E-state index contributed by atoms with van der Waals surface area (Å²) in [6.07, 6.45) is 3.06. The monoisotopic (exact) mass is 539 g/mol. The molecule has 9 heteroatoms. The van der Waals surface area contributed by atoms with Crippen LogP contribution in [0.3, 0.4) is 0 Å². The maximum atomic E-state index is 12.0. The molecule has 0 amide bonds. The molecule has 184 valence electrons. The van der Waals surface area contributed by atoms with E-state index in [4.69, 9.17) is 32.9 Å². The Bertz CT molecular complexity index is 1590. The van der Waals surface area contributed by atoms with Crippen molar-refractivity contribution in [1.29, 1.82) is 0 Å². The van der Waals surface area contributed by atoms with Gasteiger partial charge in [0, 0.05) is 18.1 Å². The highest BCUT2D eigenvalue weighted by atomic mass is 35.5. The molecule has 36 heavy (non-hydrogen) atoms. The number of hydrogen-bond acceptors (Lipinski definition) is 5. The van der Waals surface area contributed by atoms with Gasteiger partial charge < -0.3 is 4.74 Å². The molecule has 1 aromatic heterocycles. The summed E-state index contributed by atoms with van der Waals surface area (Å²) in [5.41, 5.74) is 3.36. The number of halogens is 2. The molecule has 1 aliphatic rings. The Kier molecular flexibility index (Phi) is 6.19. The van der Waals surface area contributed by atoms with Crippen LogP contribution in [0.25, 0.3) is 28.2 Å². The Morgan fingerprint density at radius 1 is 0.944 bits per heavy atom. The van der Waals surface area contributed by atoms with Gasteiger partial charge in [0.05, 0.1) is 26.0 Å². The molecule has 0 spiro atoms. The molecule has 2 heterocycles. The second-order valence-corrected chi connectivity index (χ2v) is 12.1. The summed E-state index contributed by atoms with van der Waals surface area (Å²) in [6.45, 7) is 4.47. The summed E-state index contributed by atoms with van der Waals surface area (Å²) in [5, 5.41) is 0.953. The van der Waals surface area contributed by atoms with E-state index in [1.165, 1.54) is 6.26 Å². The first-order valence-corrected chi connectivity index (χ1v) is 13.8. The molecule has 6 nitrogen and oxygen atoms in total. The van der Waals surface area contributed by atoms with E-state index in [0.29, 0.717) is 39.6 Å². The fourth-order valence-corrected chi connectivity index (χ4v) is 5.24. The van der Waals surface area contributed by atoms with Gasteiger partial charge in [0.2, 0.25) is 5.90 Å². The number of hydrogen-bond donors (Lipinski definition) is 0. The van der Waals surface area contributed by atoms with E-state index in [0.717, 1.165) is 16.8 Å². The summed E-state index contributed by atoms with van der Waals surface area (Å²) in [7, 11) is -3.30. The lowest BCUT2D eigenvalue weighted by molar-refractivity contribution is 0.279. The van der Waals surface area contributed by atoms with Crippen molar-refractivity contribution in [1.82, 2.24) is 9.55 Å². The van der Waals surface area contributed by atoms with Gasteiger partial charge in [-0.05, 0) is 61.4 Å². The van der Waals surface area contributed by atoms with Crippen molar-refractivity contribution in [3.63, 3.8) is 0 Å². The third kappa shape index (κ3) is 4.78. The molecule has 0 bridgehead atoms. The van der Waals surface area contributed by atoms with Crippen LogP contribution in [0.2, 0.25) is 10.0 Å². The van der Waals surface area contributed by atoms with Crippen molar-refractivity contribution in [3.05, 3.63) is 88.7 Å². The number of sulfone groups is 1. The largest absolute Gasteiger partial charge is 0.474 e. The van der Waals surface area contributed by atoms with Crippen molar-refractivity contribution >= 4 is 38.9 Å². The van der Waals surface area contributed by atoms with Gasteiger partial charge in [-0.15, -0.1) is 0 Å². The van der Waals surface area contributed by atoms with Gasteiger partial charge in [0.15, 0.2) is 9.84 Å². The van der Waals surface area contributed by atoms with Crippen LogP contribution in [0, 0.1) is 0 Å². The molecule has 4 aromatic rings. The molecule has 0 N–H and O–H groups in total. The van der Waals surface area contributed by atoms with Gasteiger partial charge in [-0.3, -0.25) is 4.57 Å². The van der Waals surface area contributed by atoms with Crippen LogP contribution < -0.4 is 0 Å². The number of ether oxygens (including phenoxy) is 1. The van der Waals surface area contributed by atoms with E-state index < -0.39 is 9.84 Å². The van der Waals surface area contributed by atoms with Crippen LogP contribution in [0.1, 0.15) is 19.5 Å². The Balaban J connectivity index is 1.61. The van der Waals surface area contributed by atoms with Crippen LogP contribution in [0.15, 0.2) is 82.8 Å². The summed E-state index contributed by atoms with van der Waals surface area (Å²) in [6, 6.07) is 19.9. The maximum absolute atomic E-state index is 12.0. The quantitative estimate of drug-likeness (QED) is 0.291. The standard InChI is InChI=1S/C27H23Cl2N3O3S/c1-27(2)16-35-26(31-27)23-15-32(25(30-23)24-21(28)8-5-9-22(24)29)19-12-10-17(11-13-19)18-6-4-7-20(14-18)36(3,33)34/h4-15H,16H2,1-3H3. The van der Waals surface area contributed by atoms with Crippen molar-refractivity contribution < 1.29 is 13.2 Å². The number of aromatic nitrogens is 2. The summed E-state index contributed by atoms with van der Waals surface area (Å²) in [4.78, 5) is 9.76. The van der Waals surface area contributed by atoms with Gasteiger partial charge >= 0.3 is 0 Å². The van der Waals surface area contributed by atoms with Crippen LogP contribution in [0.5, 0.6) is 0 Å². The van der Waals surface area contributed by atoms with Crippen LogP contribution >= 0.6 is 23.2 Å². The van der Waals surface area contributed by atoms with Crippen molar-refractivity contribution in [2.75, 3.05) is 12.9 Å². The zero-order valence-electron chi connectivity index (χ0n) is 19.9. The van der Waals surface area contributed by atoms with E-state index in [-0.39, 0.29) is 10.4 Å². The smallest absolute Gasteiger partial charge is 0.237 e. The van der Waals surface area contributed by atoms with Gasteiger partial charge in [0.25, 0.3) is 0 Å². The lowest BCUT2D eigenvalue weighted by Gasteiger charge is -2.11. The molecule has 3 aromatic carbocycles. The first-order valence-electron chi connectivity index (χ1n) is 11.2. The first-order chi connectivity index (χ1) is 17.0. The zero-order valence-corrected chi connectivity index (χ0v) is 22.2. The third-order valence-electron chi connectivity index (χ3n) is 5.82. The third-order valence-corrected chi connectivity index (χ3v) is 7.56. The predicted molar refractivity (Wildman–Crippen MR) is 144 cm³/mol. The molecule has 0 fully saturated rings. The SMILES string of the molecule is CC1(C)COC(c2cn(-c3ccc(-c4cccc(S(C)(=O)=O)c4)cc3)c(-c3c(Cl)cccc3Cl)n2)=N1. The molecule has 5 rings (SSSR count).